The lowest BCUT2D eigenvalue weighted by molar-refractivity contribution is 0.319. The zero-order valence-corrected chi connectivity index (χ0v) is 15.7. The maximum absolute atomic E-state index is 11.6. The predicted molar refractivity (Wildman–Crippen MR) is 103 cm³/mol. The first-order chi connectivity index (χ1) is 12.5. The van der Waals surface area contributed by atoms with Crippen LogP contribution in [0.4, 0.5) is 0 Å². The van der Waals surface area contributed by atoms with Crippen LogP contribution in [0.25, 0.3) is 21.5 Å². The molecule has 0 aliphatic carbocycles. The molecule has 1 N–H and O–H groups in total. The van der Waals surface area contributed by atoms with Crippen LogP contribution < -0.4 is 9.47 Å². The summed E-state index contributed by atoms with van der Waals surface area (Å²) >= 11 is 0. The Morgan fingerprint density at radius 1 is 0.808 bits per heavy atom. The van der Waals surface area contributed by atoms with Gasteiger partial charge in [0.05, 0.1) is 18.1 Å². The molecule has 0 amide bonds. The van der Waals surface area contributed by atoms with Gasteiger partial charge in [0.1, 0.15) is 11.5 Å². The minimum Gasteiger partial charge on any atom is -0.492 e. The Kier molecular flexibility index (Phi) is 5.34. The van der Waals surface area contributed by atoms with Gasteiger partial charge in [-0.2, -0.15) is 8.42 Å². The topological polar surface area (TPSA) is 72.8 Å². The van der Waals surface area contributed by atoms with Crippen LogP contribution in [-0.2, 0) is 10.1 Å². The van der Waals surface area contributed by atoms with Crippen molar-refractivity contribution in [1.82, 2.24) is 0 Å². The third kappa shape index (κ3) is 3.48. The molecule has 3 rings (SSSR count). The Labute approximate surface area is 153 Å². The van der Waals surface area contributed by atoms with Crippen LogP contribution in [0.2, 0.25) is 0 Å². The number of ether oxygens (including phenoxy) is 2. The van der Waals surface area contributed by atoms with E-state index in [-0.39, 0.29) is 4.90 Å². The lowest BCUT2D eigenvalue weighted by Gasteiger charge is -2.18. The van der Waals surface area contributed by atoms with E-state index in [1.54, 1.807) is 6.07 Å². The molecule has 0 aliphatic heterocycles. The quantitative estimate of drug-likeness (QED) is 0.474. The van der Waals surface area contributed by atoms with Gasteiger partial charge in [-0.3, -0.25) is 4.55 Å². The largest absolute Gasteiger partial charge is 0.492 e. The number of hydrogen-bond acceptors (Lipinski definition) is 4. The SMILES string of the molecule is CCCOc1c2ccccc2c(OCCC)c2cc(S(=O)(=O)O)ccc12. The monoisotopic (exact) mass is 374 g/mol. The van der Waals surface area contributed by atoms with E-state index in [9.17, 15) is 13.0 Å². The molecule has 0 heterocycles. The fourth-order valence-corrected chi connectivity index (χ4v) is 3.47. The molecule has 0 bridgehead atoms. The van der Waals surface area contributed by atoms with E-state index in [1.165, 1.54) is 12.1 Å². The van der Waals surface area contributed by atoms with Crippen LogP contribution >= 0.6 is 0 Å². The standard InChI is InChI=1S/C20H22O5S/c1-3-11-24-19-15-7-5-6-8-16(15)20(25-12-4-2)18-13-14(26(21,22)23)9-10-17(18)19/h5-10,13H,3-4,11-12H2,1-2H3,(H,21,22,23). The number of benzene rings is 3. The van der Waals surface area contributed by atoms with Gasteiger partial charge in [0.25, 0.3) is 10.1 Å². The molecular weight excluding hydrogens is 352 g/mol. The van der Waals surface area contributed by atoms with Crippen LogP contribution in [0.3, 0.4) is 0 Å². The van der Waals surface area contributed by atoms with Gasteiger partial charge >= 0.3 is 0 Å². The first kappa shape index (κ1) is 18.5. The Bertz CT molecular complexity index is 1040. The third-order valence-electron chi connectivity index (χ3n) is 4.10. The molecule has 3 aromatic rings. The summed E-state index contributed by atoms with van der Waals surface area (Å²) in [6.07, 6.45) is 1.68. The second kappa shape index (κ2) is 7.51. The van der Waals surface area contributed by atoms with Crippen molar-refractivity contribution >= 4 is 31.7 Å². The molecule has 0 aromatic heterocycles. The average Bonchev–Trinajstić information content (AvgIpc) is 2.63. The molecule has 138 valence electrons. The molecule has 6 heteroatoms. The lowest BCUT2D eigenvalue weighted by atomic mass is 10.0. The minimum atomic E-state index is -4.31. The van der Waals surface area contributed by atoms with Crippen molar-refractivity contribution in [3.63, 3.8) is 0 Å². The van der Waals surface area contributed by atoms with Crippen LogP contribution in [0.15, 0.2) is 47.4 Å². The van der Waals surface area contributed by atoms with Crippen molar-refractivity contribution in [3.05, 3.63) is 42.5 Å². The second-order valence-corrected chi connectivity index (χ2v) is 7.50. The highest BCUT2D eigenvalue weighted by Gasteiger charge is 2.19. The van der Waals surface area contributed by atoms with E-state index in [1.807, 2.05) is 38.1 Å². The van der Waals surface area contributed by atoms with E-state index in [0.29, 0.717) is 30.1 Å². The van der Waals surface area contributed by atoms with Gasteiger partial charge in [0.15, 0.2) is 0 Å². The number of rotatable bonds is 7. The maximum atomic E-state index is 11.6. The number of hydrogen-bond donors (Lipinski definition) is 1. The van der Waals surface area contributed by atoms with Crippen molar-refractivity contribution in [1.29, 1.82) is 0 Å². The fourth-order valence-electron chi connectivity index (χ4n) is 2.96. The molecule has 3 aromatic carbocycles. The maximum Gasteiger partial charge on any atom is 0.294 e. The Balaban J connectivity index is 2.40. The molecule has 26 heavy (non-hydrogen) atoms. The summed E-state index contributed by atoms with van der Waals surface area (Å²) < 4.78 is 44.6. The van der Waals surface area contributed by atoms with Gasteiger partial charge in [-0.15, -0.1) is 0 Å². The lowest BCUT2D eigenvalue weighted by Crippen LogP contribution is -2.03. The summed E-state index contributed by atoms with van der Waals surface area (Å²) in [6, 6.07) is 12.2. The Hall–Kier alpha value is -2.31. The predicted octanol–water partition coefficient (Wildman–Crippen LogP) is 4.82. The van der Waals surface area contributed by atoms with E-state index < -0.39 is 10.1 Å². The molecule has 0 saturated carbocycles. The highest BCUT2D eigenvalue weighted by molar-refractivity contribution is 7.85. The summed E-state index contributed by atoms with van der Waals surface area (Å²) in [5.41, 5.74) is 0. The number of fused-ring (bicyclic) bond motifs is 2. The van der Waals surface area contributed by atoms with Gasteiger partial charge in [-0.1, -0.05) is 38.1 Å². The smallest absolute Gasteiger partial charge is 0.294 e. The molecule has 5 nitrogen and oxygen atoms in total. The van der Waals surface area contributed by atoms with Crippen molar-refractivity contribution < 1.29 is 22.4 Å². The molecule has 0 atom stereocenters. The summed E-state index contributed by atoms with van der Waals surface area (Å²) in [6.45, 7) is 5.09. The van der Waals surface area contributed by atoms with Crippen molar-refractivity contribution in [2.75, 3.05) is 13.2 Å². The van der Waals surface area contributed by atoms with Gasteiger partial charge in [0.2, 0.25) is 0 Å². The highest BCUT2D eigenvalue weighted by atomic mass is 32.2. The molecule has 0 spiro atoms. The van der Waals surface area contributed by atoms with Crippen molar-refractivity contribution in [3.8, 4) is 11.5 Å². The van der Waals surface area contributed by atoms with Crippen LogP contribution in [0.1, 0.15) is 26.7 Å². The summed E-state index contributed by atoms with van der Waals surface area (Å²) in [5.74, 6) is 1.30. The van der Waals surface area contributed by atoms with Crippen LogP contribution in [0, 0.1) is 0 Å². The first-order valence-electron chi connectivity index (χ1n) is 8.69. The first-order valence-corrected chi connectivity index (χ1v) is 10.1. The molecule has 0 fully saturated rings. The fraction of sp³-hybridized carbons (Fsp3) is 0.300. The minimum absolute atomic E-state index is 0.164. The summed E-state index contributed by atoms with van der Waals surface area (Å²) in [4.78, 5) is -0.164. The zero-order chi connectivity index (χ0) is 18.7. The molecular formula is C20H22O5S. The van der Waals surface area contributed by atoms with Crippen LogP contribution in [-0.4, -0.2) is 26.2 Å². The second-order valence-electron chi connectivity index (χ2n) is 6.08. The van der Waals surface area contributed by atoms with Crippen LogP contribution in [0.5, 0.6) is 11.5 Å². The zero-order valence-electron chi connectivity index (χ0n) is 14.9. The Morgan fingerprint density at radius 2 is 1.31 bits per heavy atom. The average molecular weight is 374 g/mol. The van der Waals surface area contributed by atoms with E-state index in [0.717, 1.165) is 29.0 Å². The van der Waals surface area contributed by atoms with Gasteiger partial charge in [-0.25, -0.2) is 0 Å². The highest BCUT2D eigenvalue weighted by Crippen LogP contribution is 2.43. The summed E-state index contributed by atoms with van der Waals surface area (Å²) in [5, 5.41) is 3.14. The molecule has 0 saturated heterocycles. The van der Waals surface area contributed by atoms with E-state index in [4.69, 9.17) is 9.47 Å². The van der Waals surface area contributed by atoms with Gasteiger partial charge < -0.3 is 9.47 Å². The van der Waals surface area contributed by atoms with Gasteiger partial charge in [-0.05, 0) is 31.0 Å². The van der Waals surface area contributed by atoms with E-state index in [2.05, 4.69) is 0 Å². The summed E-state index contributed by atoms with van der Waals surface area (Å²) in [7, 11) is -4.31. The molecule has 0 aliphatic rings. The normalized spacial score (nSPS) is 11.8. The van der Waals surface area contributed by atoms with Crippen molar-refractivity contribution in [2.45, 2.75) is 31.6 Å². The molecule has 0 radical (unpaired) electrons. The van der Waals surface area contributed by atoms with E-state index >= 15 is 0 Å². The third-order valence-corrected chi connectivity index (χ3v) is 4.95. The molecule has 0 unspecified atom stereocenters. The van der Waals surface area contributed by atoms with Gasteiger partial charge in [0, 0.05) is 21.5 Å². The Morgan fingerprint density at radius 3 is 1.81 bits per heavy atom. The van der Waals surface area contributed by atoms with Crippen molar-refractivity contribution in [2.24, 2.45) is 0 Å².